The van der Waals surface area contributed by atoms with Crippen LogP contribution in [-0.2, 0) is 21.6 Å². The van der Waals surface area contributed by atoms with Crippen LogP contribution in [0.2, 0.25) is 0 Å². The molecule has 0 aliphatic heterocycles. The van der Waals surface area contributed by atoms with Crippen LogP contribution in [0.3, 0.4) is 0 Å². The monoisotopic (exact) mass is 396 g/mol. The number of nitrogens with zero attached hydrogens (tertiary/aromatic N) is 2. The molecule has 1 fully saturated rings. The van der Waals surface area contributed by atoms with Gasteiger partial charge < -0.3 is 4.74 Å². The van der Waals surface area contributed by atoms with Crippen LogP contribution in [0.25, 0.3) is 5.69 Å². The van der Waals surface area contributed by atoms with E-state index in [9.17, 15) is 4.79 Å². The Balaban J connectivity index is 1.41. The van der Waals surface area contributed by atoms with Gasteiger partial charge in [-0.05, 0) is 54.3 Å². The van der Waals surface area contributed by atoms with Gasteiger partial charge in [-0.25, -0.2) is 4.68 Å². The van der Waals surface area contributed by atoms with Crippen LogP contribution in [-0.4, -0.2) is 15.7 Å². The van der Waals surface area contributed by atoms with Gasteiger partial charge in [0.05, 0.1) is 11.1 Å². The van der Waals surface area contributed by atoms with Crippen molar-refractivity contribution >= 4 is 21.9 Å². The van der Waals surface area contributed by atoms with Crippen LogP contribution in [0.4, 0.5) is 0 Å². The molecule has 0 saturated heterocycles. The molecule has 4 nitrogen and oxygen atoms in total. The van der Waals surface area contributed by atoms with E-state index in [1.165, 1.54) is 0 Å². The van der Waals surface area contributed by atoms with Gasteiger partial charge in [0, 0.05) is 16.9 Å². The summed E-state index contributed by atoms with van der Waals surface area (Å²) in [4.78, 5) is 12.6. The first kappa shape index (κ1) is 16.1. The standard InChI is InChI=1S/C20H17BrN2O2/c21-17-6-4-16(5-7-17)20(10-11-20)19(24)25-14-15-2-8-18(9-3-15)23-13-1-12-22-23/h1-9,12-13H,10-11,14H2. The van der Waals surface area contributed by atoms with Crippen LogP contribution in [0.15, 0.2) is 71.5 Å². The van der Waals surface area contributed by atoms with Gasteiger partial charge in [0.15, 0.2) is 0 Å². The Morgan fingerprint density at radius 2 is 1.84 bits per heavy atom. The Morgan fingerprint density at radius 1 is 1.12 bits per heavy atom. The number of aromatic nitrogens is 2. The maximum atomic E-state index is 12.6. The molecule has 0 bridgehead atoms. The van der Waals surface area contributed by atoms with Gasteiger partial charge in [0.25, 0.3) is 0 Å². The van der Waals surface area contributed by atoms with E-state index in [1.54, 1.807) is 10.9 Å². The van der Waals surface area contributed by atoms with E-state index in [-0.39, 0.29) is 12.6 Å². The summed E-state index contributed by atoms with van der Waals surface area (Å²) in [5.74, 6) is -0.133. The summed E-state index contributed by atoms with van der Waals surface area (Å²) in [6.45, 7) is 0.288. The SMILES string of the molecule is O=C(OCc1ccc(-n2cccn2)cc1)C1(c2ccc(Br)cc2)CC1. The molecule has 5 heteroatoms. The Morgan fingerprint density at radius 3 is 2.44 bits per heavy atom. The molecule has 0 spiro atoms. The molecular weight excluding hydrogens is 380 g/mol. The van der Waals surface area contributed by atoms with E-state index < -0.39 is 5.41 Å². The predicted molar refractivity (Wildman–Crippen MR) is 98.4 cm³/mol. The van der Waals surface area contributed by atoms with Crippen molar-refractivity contribution in [1.29, 1.82) is 0 Å². The Bertz CT molecular complexity index is 867. The number of hydrogen-bond donors (Lipinski definition) is 0. The molecule has 126 valence electrons. The molecule has 3 aromatic rings. The zero-order valence-electron chi connectivity index (χ0n) is 13.6. The smallest absolute Gasteiger partial charge is 0.316 e. The molecular formula is C20H17BrN2O2. The van der Waals surface area contributed by atoms with Crippen molar-refractivity contribution in [2.24, 2.45) is 0 Å². The minimum absolute atomic E-state index is 0.133. The molecule has 1 saturated carbocycles. The second-order valence-corrected chi connectivity index (χ2v) is 7.20. The molecule has 0 N–H and O–H groups in total. The first-order valence-electron chi connectivity index (χ1n) is 8.20. The van der Waals surface area contributed by atoms with E-state index in [0.717, 1.165) is 34.1 Å². The van der Waals surface area contributed by atoms with E-state index in [1.807, 2.05) is 60.8 Å². The van der Waals surface area contributed by atoms with Crippen molar-refractivity contribution in [3.63, 3.8) is 0 Å². The van der Waals surface area contributed by atoms with E-state index >= 15 is 0 Å². The largest absolute Gasteiger partial charge is 0.460 e. The maximum absolute atomic E-state index is 12.6. The van der Waals surface area contributed by atoms with Crippen LogP contribution >= 0.6 is 15.9 Å². The highest BCUT2D eigenvalue weighted by molar-refractivity contribution is 9.10. The van der Waals surface area contributed by atoms with E-state index in [0.29, 0.717) is 0 Å². The fraction of sp³-hybridized carbons (Fsp3) is 0.200. The molecule has 0 amide bonds. The highest BCUT2D eigenvalue weighted by atomic mass is 79.9. The Hall–Kier alpha value is -2.40. The highest BCUT2D eigenvalue weighted by Crippen LogP contribution is 2.49. The van der Waals surface area contributed by atoms with E-state index in [2.05, 4.69) is 21.0 Å². The first-order valence-corrected chi connectivity index (χ1v) is 8.99. The number of benzene rings is 2. The quantitative estimate of drug-likeness (QED) is 0.599. The molecule has 1 aliphatic carbocycles. The maximum Gasteiger partial charge on any atom is 0.316 e. The number of carbonyl (C=O) groups excluding carboxylic acids is 1. The lowest BCUT2D eigenvalue weighted by Crippen LogP contribution is -2.23. The zero-order valence-corrected chi connectivity index (χ0v) is 15.1. The van der Waals surface area contributed by atoms with Crippen molar-refractivity contribution in [3.05, 3.63) is 82.6 Å². The van der Waals surface area contributed by atoms with Crippen LogP contribution in [0.5, 0.6) is 0 Å². The highest BCUT2D eigenvalue weighted by Gasteiger charge is 2.52. The molecule has 0 radical (unpaired) electrons. The fourth-order valence-electron chi connectivity index (χ4n) is 2.96. The van der Waals surface area contributed by atoms with Gasteiger partial charge in [0.1, 0.15) is 6.61 Å². The lowest BCUT2D eigenvalue weighted by atomic mass is 9.96. The average molecular weight is 397 g/mol. The second-order valence-electron chi connectivity index (χ2n) is 6.28. The number of hydrogen-bond acceptors (Lipinski definition) is 3. The molecule has 1 aliphatic rings. The van der Waals surface area contributed by atoms with Crippen LogP contribution < -0.4 is 0 Å². The normalized spacial score (nSPS) is 14.9. The van der Waals surface area contributed by atoms with E-state index in [4.69, 9.17) is 4.74 Å². The van der Waals surface area contributed by atoms with Crippen LogP contribution in [0, 0.1) is 0 Å². The fourth-order valence-corrected chi connectivity index (χ4v) is 3.22. The van der Waals surface area contributed by atoms with Gasteiger partial charge in [-0.2, -0.15) is 5.10 Å². The summed E-state index contributed by atoms with van der Waals surface area (Å²) in [5.41, 5.74) is 2.54. The van der Waals surface area contributed by atoms with Crippen molar-refractivity contribution < 1.29 is 9.53 Å². The lowest BCUT2D eigenvalue weighted by Gasteiger charge is -2.15. The number of ether oxygens (including phenoxy) is 1. The summed E-state index contributed by atoms with van der Waals surface area (Å²) >= 11 is 3.43. The number of carbonyl (C=O) groups is 1. The molecule has 4 rings (SSSR count). The Labute approximate surface area is 154 Å². The third-order valence-corrected chi connectivity index (χ3v) is 5.14. The summed E-state index contributed by atoms with van der Waals surface area (Å²) < 4.78 is 8.40. The van der Waals surface area contributed by atoms with Crippen molar-refractivity contribution in [2.75, 3.05) is 0 Å². The molecule has 0 unspecified atom stereocenters. The van der Waals surface area contributed by atoms with Crippen molar-refractivity contribution in [3.8, 4) is 5.69 Å². The lowest BCUT2D eigenvalue weighted by molar-refractivity contribution is -0.148. The molecule has 0 atom stereocenters. The summed E-state index contributed by atoms with van der Waals surface area (Å²) in [6.07, 6.45) is 5.34. The molecule has 25 heavy (non-hydrogen) atoms. The van der Waals surface area contributed by atoms with Gasteiger partial charge >= 0.3 is 5.97 Å². The zero-order chi connectivity index (χ0) is 17.3. The molecule has 1 aromatic heterocycles. The third kappa shape index (κ3) is 3.24. The molecule has 2 aromatic carbocycles. The summed E-state index contributed by atoms with van der Waals surface area (Å²) in [6, 6.07) is 17.7. The van der Waals surface area contributed by atoms with Crippen LogP contribution in [0.1, 0.15) is 24.0 Å². The third-order valence-electron chi connectivity index (χ3n) is 4.61. The molecule has 1 heterocycles. The second kappa shape index (κ2) is 6.48. The summed E-state index contributed by atoms with van der Waals surface area (Å²) in [7, 11) is 0. The van der Waals surface area contributed by atoms with Crippen molar-refractivity contribution in [2.45, 2.75) is 24.9 Å². The minimum Gasteiger partial charge on any atom is -0.460 e. The van der Waals surface area contributed by atoms with Gasteiger partial charge in [-0.1, -0.05) is 40.2 Å². The number of halogens is 1. The topological polar surface area (TPSA) is 44.1 Å². The van der Waals surface area contributed by atoms with Gasteiger partial charge in [0.2, 0.25) is 0 Å². The van der Waals surface area contributed by atoms with Crippen molar-refractivity contribution in [1.82, 2.24) is 9.78 Å². The summed E-state index contributed by atoms with van der Waals surface area (Å²) in [5, 5.41) is 4.20. The predicted octanol–water partition coefficient (Wildman–Crippen LogP) is 4.41. The average Bonchev–Trinajstić information content (AvgIpc) is 3.27. The Kier molecular flexibility index (Phi) is 4.17. The van der Waals surface area contributed by atoms with Gasteiger partial charge in [-0.15, -0.1) is 0 Å². The first-order chi connectivity index (χ1) is 12.2. The number of rotatable bonds is 5. The minimum atomic E-state index is -0.449. The number of esters is 1. The van der Waals surface area contributed by atoms with Gasteiger partial charge in [-0.3, -0.25) is 4.79 Å².